The summed E-state index contributed by atoms with van der Waals surface area (Å²) in [6.45, 7) is 5.21. The fraction of sp³-hybridized carbons (Fsp3) is 0.182. The number of aromatic hydroxyl groups is 2. The van der Waals surface area contributed by atoms with Gasteiger partial charge in [0.1, 0.15) is 11.5 Å². The van der Waals surface area contributed by atoms with Gasteiger partial charge in [-0.3, -0.25) is 0 Å². The Balaban J connectivity index is 1.79. The predicted octanol–water partition coefficient (Wildman–Crippen LogP) is 4.94. The molecule has 26 heavy (non-hydrogen) atoms. The van der Waals surface area contributed by atoms with Crippen LogP contribution in [-0.2, 0) is 13.1 Å². The number of hydrogen-bond donors (Lipinski definition) is 4. The minimum atomic E-state index is 0.285. The molecule has 0 aliphatic rings. The van der Waals surface area contributed by atoms with Crippen LogP contribution in [0.1, 0.15) is 22.3 Å². The molecule has 0 atom stereocenters. The van der Waals surface area contributed by atoms with Gasteiger partial charge in [-0.05, 0) is 49.2 Å². The highest BCUT2D eigenvalue weighted by Gasteiger charge is 2.08. The molecule has 0 radical (unpaired) electrons. The van der Waals surface area contributed by atoms with Gasteiger partial charge in [-0.25, -0.2) is 0 Å². The molecular formula is C22H24N2O2. The summed E-state index contributed by atoms with van der Waals surface area (Å²) in [4.78, 5) is 0. The summed E-state index contributed by atoms with van der Waals surface area (Å²) in [6, 6.07) is 18.8. The van der Waals surface area contributed by atoms with Crippen molar-refractivity contribution in [3.8, 4) is 11.5 Å². The van der Waals surface area contributed by atoms with E-state index in [0.717, 1.165) is 22.5 Å². The summed E-state index contributed by atoms with van der Waals surface area (Å²) in [5, 5.41) is 26.7. The maximum Gasteiger partial charge on any atom is 0.120 e. The first-order valence-electron chi connectivity index (χ1n) is 8.67. The molecule has 0 fully saturated rings. The molecule has 4 N–H and O–H groups in total. The van der Waals surface area contributed by atoms with Crippen molar-refractivity contribution in [3.63, 3.8) is 0 Å². The van der Waals surface area contributed by atoms with E-state index in [0.29, 0.717) is 13.1 Å². The molecule has 0 spiro atoms. The average Bonchev–Trinajstić information content (AvgIpc) is 2.63. The van der Waals surface area contributed by atoms with Crippen LogP contribution in [0.15, 0.2) is 60.7 Å². The molecule has 0 unspecified atom stereocenters. The summed E-state index contributed by atoms with van der Waals surface area (Å²) in [7, 11) is 0. The number of para-hydroxylation sites is 2. The molecule has 0 aromatic heterocycles. The topological polar surface area (TPSA) is 64.5 Å². The number of benzene rings is 3. The van der Waals surface area contributed by atoms with Crippen LogP contribution in [0.4, 0.5) is 11.4 Å². The second-order valence-corrected chi connectivity index (χ2v) is 6.45. The van der Waals surface area contributed by atoms with Gasteiger partial charge in [0.05, 0.1) is 11.4 Å². The Morgan fingerprint density at radius 1 is 0.654 bits per heavy atom. The molecule has 3 aromatic rings. The van der Waals surface area contributed by atoms with E-state index in [1.54, 1.807) is 12.1 Å². The molecule has 0 saturated carbocycles. The van der Waals surface area contributed by atoms with Crippen LogP contribution in [-0.4, -0.2) is 10.2 Å². The Morgan fingerprint density at radius 2 is 1.04 bits per heavy atom. The number of rotatable bonds is 6. The molecule has 4 nitrogen and oxygen atoms in total. The lowest BCUT2D eigenvalue weighted by atomic mass is 10.1. The van der Waals surface area contributed by atoms with E-state index in [2.05, 4.69) is 36.6 Å². The normalized spacial score (nSPS) is 10.5. The van der Waals surface area contributed by atoms with Crippen molar-refractivity contribution < 1.29 is 10.2 Å². The quantitative estimate of drug-likeness (QED) is 0.509. The largest absolute Gasteiger partial charge is 0.508 e. The Hall–Kier alpha value is -3.14. The summed E-state index contributed by atoms with van der Waals surface area (Å²) >= 11 is 0. The standard InChI is InChI=1S/C22H24N2O2/c1-15-11-19(23-13-17-7-3-5-9-21(17)25)20(12-16(15)2)24-14-18-8-4-6-10-22(18)26/h3-12,23-26H,13-14H2,1-2H3. The van der Waals surface area contributed by atoms with Crippen molar-refractivity contribution in [3.05, 3.63) is 82.9 Å². The third-order valence-corrected chi connectivity index (χ3v) is 4.56. The Bertz CT molecular complexity index is 832. The Labute approximate surface area is 154 Å². The first-order chi connectivity index (χ1) is 12.5. The molecule has 0 aliphatic heterocycles. The third kappa shape index (κ3) is 4.09. The van der Waals surface area contributed by atoms with E-state index in [9.17, 15) is 10.2 Å². The minimum absolute atomic E-state index is 0.285. The summed E-state index contributed by atoms with van der Waals surface area (Å²) in [5.41, 5.74) is 6.00. The van der Waals surface area contributed by atoms with Crippen LogP contribution >= 0.6 is 0 Å². The summed E-state index contributed by atoms with van der Waals surface area (Å²) in [6.07, 6.45) is 0. The van der Waals surface area contributed by atoms with Gasteiger partial charge in [-0.1, -0.05) is 36.4 Å². The van der Waals surface area contributed by atoms with Crippen molar-refractivity contribution in [1.29, 1.82) is 0 Å². The number of anilines is 2. The maximum absolute atomic E-state index is 9.96. The van der Waals surface area contributed by atoms with Gasteiger partial charge in [0.2, 0.25) is 0 Å². The molecule has 3 rings (SSSR count). The van der Waals surface area contributed by atoms with E-state index in [1.165, 1.54) is 11.1 Å². The van der Waals surface area contributed by atoms with Crippen LogP contribution < -0.4 is 10.6 Å². The number of phenolic OH excluding ortho intramolecular Hbond substituents is 2. The highest BCUT2D eigenvalue weighted by molar-refractivity contribution is 5.71. The van der Waals surface area contributed by atoms with E-state index < -0.39 is 0 Å². The van der Waals surface area contributed by atoms with Crippen LogP contribution in [0, 0.1) is 13.8 Å². The molecule has 4 heteroatoms. The monoisotopic (exact) mass is 348 g/mol. The fourth-order valence-corrected chi connectivity index (χ4v) is 2.81. The number of aryl methyl sites for hydroxylation is 2. The van der Waals surface area contributed by atoms with E-state index in [4.69, 9.17) is 0 Å². The van der Waals surface area contributed by atoms with Crippen LogP contribution in [0.3, 0.4) is 0 Å². The molecule has 0 aliphatic carbocycles. The number of hydrogen-bond acceptors (Lipinski definition) is 4. The molecule has 0 heterocycles. The van der Waals surface area contributed by atoms with Crippen LogP contribution in [0.5, 0.6) is 11.5 Å². The van der Waals surface area contributed by atoms with E-state index in [1.807, 2.05) is 36.4 Å². The van der Waals surface area contributed by atoms with Gasteiger partial charge in [0.25, 0.3) is 0 Å². The van der Waals surface area contributed by atoms with Gasteiger partial charge in [0.15, 0.2) is 0 Å². The average molecular weight is 348 g/mol. The zero-order chi connectivity index (χ0) is 18.5. The van der Waals surface area contributed by atoms with Gasteiger partial charge < -0.3 is 20.8 Å². The van der Waals surface area contributed by atoms with Crippen molar-refractivity contribution in [2.24, 2.45) is 0 Å². The number of phenols is 2. The zero-order valence-electron chi connectivity index (χ0n) is 15.1. The Kier molecular flexibility index (Phi) is 5.32. The first-order valence-corrected chi connectivity index (χ1v) is 8.67. The van der Waals surface area contributed by atoms with Crippen molar-refractivity contribution in [2.75, 3.05) is 10.6 Å². The second kappa shape index (κ2) is 7.83. The first kappa shape index (κ1) is 17.7. The van der Waals surface area contributed by atoms with Crippen LogP contribution in [0.2, 0.25) is 0 Å². The molecule has 134 valence electrons. The van der Waals surface area contributed by atoms with E-state index in [-0.39, 0.29) is 11.5 Å². The van der Waals surface area contributed by atoms with Crippen molar-refractivity contribution in [1.82, 2.24) is 0 Å². The second-order valence-electron chi connectivity index (χ2n) is 6.45. The Morgan fingerprint density at radius 3 is 1.42 bits per heavy atom. The van der Waals surface area contributed by atoms with Gasteiger partial charge >= 0.3 is 0 Å². The lowest BCUT2D eigenvalue weighted by molar-refractivity contribution is 0.468. The lowest BCUT2D eigenvalue weighted by Crippen LogP contribution is -2.07. The predicted molar refractivity (Wildman–Crippen MR) is 107 cm³/mol. The van der Waals surface area contributed by atoms with E-state index >= 15 is 0 Å². The molecule has 3 aromatic carbocycles. The highest BCUT2D eigenvalue weighted by Crippen LogP contribution is 2.29. The number of nitrogens with one attached hydrogen (secondary N) is 2. The van der Waals surface area contributed by atoms with Gasteiger partial charge in [0, 0.05) is 24.2 Å². The maximum atomic E-state index is 9.96. The van der Waals surface area contributed by atoms with Crippen molar-refractivity contribution >= 4 is 11.4 Å². The third-order valence-electron chi connectivity index (χ3n) is 4.56. The minimum Gasteiger partial charge on any atom is -0.508 e. The highest BCUT2D eigenvalue weighted by atomic mass is 16.3. The molecule has 0 amide bonds. The lowest BCUT2D eigenvalue weighted by Gasteiger charge is -2.17. The summed E-state index contributed by atoms with van der Waals surface area (Å²) in [5.74, 6) is 0.570. The molecule has 0 bridgehead atoms. The van der Waals surface area contributed by atoms with Crippen molar-refractivity contribution in [2.45, 2.75) is 26.9 Å². The molecule has 0 saturated heterocycles. The molecular weight excluding hydrogens is 324 g/mol. The zero-order valence-corrected chi connectivity index (χ0v) is 15.1. The van der Waals surface area contributed by atoms with Gasteiger partial charge in [-0.15, -0.1) is 0 Å². The fourth-order valence-electron chi connectivity index (χ4n) is 2.81. The smallest absolute Gasteiger partial charge is 0.120 e. The summed E-state index contributed by atoms with van der Waals surface area (Å²) < 4.78 is 0. The van der Waals surface area contributed by atoms with Gasteiger partial charge in [-0.2, -0.15) is 0 Å². The SMILES string of the molecule is Cc1cc(NCc2ccccc2O)c(NCc2ccccc2O)cc1C. The van der Waals surface area contributed by atoms with Crippen LogP contribution in [0.25, 0.3) is 0 Å².